The van der Waals surface area contributed by atoms with E-state index in [0.717, 1.165) is 14.9 Å². The van der Waals surface area contributed by atoms with Gasteiger partial charge in [-0.1, -0.05) is 34.1 Å². The maximum absolute atomic E-state index is 12.3. The molecule has 3 amide bonds. The summed E-state index contributed by atoms with van der Waals surface area (Å²) in [6.07, 6.45) is 1.58. The monoisotopic (exact) mass is 448 g/mol. The minimum absolute atomic E-state index is 0.0324. The van der Waals surface area contributed by atoms with Gasteiger partial charge in [-0.15, -0.1) is 16.4 Å². The standard InChI is InChI=1S/C17H17BrN6O2S/c18-12-5-3-11(4-6-12)9-24-10-20-17(23-24)22-15(25)8-13(21-16(19)26)14-2-1-7-27-14/h1-7,10,13H,8-9H2,(H3,19,21,26)(H,22,23,25). The van der Waals surface area contributed by atoms with Gasteiger partial charge in [0.2, 0.25) is 11.9 Å². The van der Waals surface area contributed by atoms with Crippen molar-refractivity contribution in [2.24, 2.45) is 5.73 Å². The van der Waals surface area contributed by atoms with Crippen molar-refractivity contribution < 1.29 is 9.59 Å². The fourth-order valence-electron chi connectivity index (χ4n) is 2.45. The molecular weight excluding hydrogens is 432 g/mol. The van der Waals surface area contributed by atoms with Crippen LogP contribution in [0.4, 0.5) is 10.7 Å². The Balaban J connectivity index is 1.59. The number of halogens is 1. The third-order valence-electron chi connectivity index (χ3n) is 3.64. The lowest BCUT2D eigenvalue weighted by Gasteiger charge is -2.15. The first-order chi connectivity index (χ1) is 13.0. The lowest BCUT2D eigenvalue weighted by molar-refractivity contribution is -0.116. The number of hydrogen-bond donors (Lipinski definition) is 3. The Morgan fingerprint density at radius 1 is 1.26 bits per heavy atom. The Morgan fingerprint density at radius 2 is 2.04 bits per heavy atom. The van der Waals surface area contributed by atoms with E-state index in [2.05, 4.69) is 36.6 Å². The van der Waals surface area contributed by atoms with Crippen molar-refractivity contribution >= 4 is 45.2 Å². The summed E-state index contributed by atoms with van der Waals surface area (Å²) in [5.74, 6) is -0.107. The van der Waals surface area contributed by atoms with Crippen LogP contribution in [0.2, 0.25) is 0 Å². The van der Waals surface area contributed by atoms with Crippen molar-refractivity contribution in [1.82, 2.24) is 20.1 Å². The summed E-state index contributed by atoms with van der Waals surface area (Å²) in [7, 11) is 0. The van der Waals surface area contributed by atoms with Gasteiger partial charge in [0.1, 0.15) is 6.33 Å². The van der Waals surface area contributed by atoms with Gasteiger partial charge in [-0.25, -0.2) is 14.5 Å². The zero-order valence-electron chi connectivity index (χ0n) is 14.1. The highest BCUT2D eigenvalue weighted by Gasteiger charge is 2.19. The number of anilines is 1. The smallest absolute Gasteiger partial charge is 0.312 e. The first kappa shape index (κ1) is 19.1. The minimum Gasteiger partial charge on any atom is -0.352 e. The van der Waals surface area contributed by atoms with Crippen molar-refractivity contribution in [2.45, 2.75) is 19.0 Å². The molecule has 0 spiro atoms. The number of hydrogen-bond acceptors (Lipinski definition) is 5. The summed E-state index contributed by atoms with van der Waals surface area (Å²) in [6, 6.07) is 10.4. The van der Waals surface area contributed by atoms with E-state index >= 15 is 0 Å². The second kappa shape index (κ2) is 8.78. The zero-order valence-corrected chi connectivity index (χ0v) is 16.5. The molecular formula is C17H17BrN6O2S. The maximum Gasteiger partial charge on any atom is 0.312 e. The van der Waals surface area contributed by atoms with Crippen molar-refractivity contribution in [3.05, 3.63) is 63.0 Å². The van der Waals surface area contributed by atoms with E-state index in [1.165, 1.54) is 11.3 Å². The number of nitrogens with zero attached hydrogens (tertiary/aromatic N) is 3. The number of thiophene rings is 1. The molecule has 8 nitrogen and oxygen atoms in total. The SMILES string of the molecule is NC(=O)NC(CC(=O)Nc1ncn(Cc2ccc(Br)cc2)n1)c1cccs1. The molecule has 140 valence electrons. The summed E-state index contributed by atoms with van der Waals surface area (Å²) in [5.41, 5.74) is 6.27. The van der Waals surface area contributed by atoms with Gasteiger partial charge in [-0.2, -0.15) is 0 Å². The number of primary amides is 1. The molecule has 0 aliphatic rings. The van der Waals surface area contributed by atoms with Crippen LogP contribution in [-0.2, 0) is 11.3 Å². The maximum atomic E-state index is 12.3. The lowest BCUT2D eigenvalue weighted by atomic mass is 10.1. The van der Waals surface area contributed by atoms with Crippen LogP contribution in [0, 0.1) is 0 Å². The molecule has 1 atom stereocenters. The summed E-state index contributed by atoms with van der Waals surface area (Å²) in [5, 5.41) is 11.3. The van der Waals surface area contributed by atoms with Gasteiger partial charge in [0.05, 0.1) is 19.0 Å². The van der Waals surface area contributed by atoms with Crippen LogP contribution in [0.5, 0.6) is 0 Å². The first-order valence-electron chi connectivity index (χ1n) is 8.02. The van der Waals surface area contributed by atoms with Gasteiger partial charge in [0, 0.05) is 9.35 Å². The molecule has 1 aromatic carbocycles. The van der Waals surface area contributed by atoms with Crippen molar-refractivity contribution in [2.75, 3.05) is 5.32 Å². The molecule has 2 heterocycles. The number of carbonyl (C=O) groups is 2. The first-order valence-corrected chi connectivity index (χ1v) is 9.70. The Morgan fingerprint density at radius 3 is 2.70 bits per heavy atom. The Hall–Kier alpha value is -2.72. The number of urea groups is 1. The Kier molecular flexibility index (Phi) is 6.20. The van der Waals surface area contributed by atoms with Crippen LogP contribution in [-0.4, -0.2) is 26.7 Å². The zero-order chi connectivity index (χ0) is 19.2. The summed E-state index contributed by atoms with van der Waals surface area (Å²) < 4.78 is 2.64. The number of carbonyl (C=O) groups excluding carboxylic acids is 2. The third kappa shape index (κ3) is 5.63. The second-order valence-electron chi connectivity index (χ2n) is 5.72. The van der Waals surface area contributed by atoms with Gasteiger partial charge in [-0.3, -0.25) is 10.1 Å². The summed E-state index contributed by atoms with van der Waals surface area (Å²) in [6.45, 7) is 0.539. The average molecular weight is 449 g/mol. The number of amides is 3. The number of aromatic nitrogens is 3. The van der Waals surface area contributed by atoms with Crippen LogP contribution >= 0.6 is 27.3 Å². The molecule has 0 saturated heterocycles. The van der Waals surface area contributed by atoms with Crippen LogP contribution in [0.15, 0.2) is 52.6 Å². The van der Waals surface area contributed by atoms with Gasteiger partial charge in [0.25, 0.3) is 0 Å². The molecule has 1 unspecified atom stereocenters. The van der Waals surface area contributed by atoms with Crippen molar-refractivity contribution in [3.63, 3.8) is 0 Å². The van der Waals surface area contributed by atoms with Gasteiger partial charge < -0.3 is 11.1 Å². The van der Waals surface area contributed by atoms with Crippen molar-refractivity contribution in [3.8, 4) is 0 Å². The van der Waals surface area contributed by atoms with Crippen LogP contribution < -0.4 is 16.4 Å². The predicted octanol–water partition coefficient (Wildman–Crippen LogP) is 2.89. The highest BCUT2D eigenvalue weighted by molar-refractivity contribution is 9.10. The molecule has 0 bridgehead atoms. The molecule has 0 aliphatic carbocycles. The topological polar surface area (TPSA) is 115 Å². The van der Waals surface area contributed by atoms with Crippen LogP contribution in [0.1, 0.15) is 22.9 Å². The molecule has 0 radical (unpaired) electrons. The number of benzene rings is 1. The van der Waals surface area contributed by atoms with E-state index in [1.807, 2.05) is 41.8 Å². The predicted molar refractivity (Wildman–Crippen MR) is 106 cm³/mol. The van der Waals surface area contributed by atoms with Gasteiger partial charge >= 0.3 is 6.03 Å². The fourth-order valence-corrected chi connectivity index (χ4v) is 3.49. The Labute approximate surface area is 167 Å². The highest BCUT2D eigenvalue weighted by Crippen LogP contribution is 2.22. The Bertz CT molecular complexity index is 910. The van der Waals surface area contributed by atoms with Gasteiger partial charge in [-0.05, 0) is 29.1 Å². The van der Waals surface area contributed by atoms with E-state index in [9.17, 15) is 9.59 Å². The van der Waals surface area contributed by atoms with Crippen LogP contribution in [0.3, 0.4) is 0 Å². The molecule has 4 N–H and O–H groups in total. The fraction of sp³-hybridized carbons (Fsp3) is 0.176. The molecule has 2 aromatic heterocycles. The lowest BCUT2D eigenvalue weighted by Crippen LogP contribution is -2.35. The second-order valence-corrected chi connectivity index (χ2v) is 7.62. The number of nitrogens with one attached hydrogen (secondary N) is 2. The van der Waals surface area contributed by atoms with Crippen LogP contribution in [0.25, 0.3) is 0 Å². The van der Waals surface area contributed by atoms with E-state index < -0.39 is 12.1 Å². The van der Waals surface area contributed by atoms with E-state index in [0.29, 0.717) is 6.54 Å². The molecule has 3 rings (SSSR count). The summed E-state index contributed by atoms with van der Waals surface area (Å²) >= 11 is 4.83. The highest BCUT2D eigenvalue weighted by atomic mass is 79.9. The molecule has 3 aromatic rings. The molecule has 0 aliphatic heterocycles. The minimum atomic E-state index is -0.682. The molecule has 27 heavy (non-hydrogen) atoms. The number of rotatable bonds is 7. The van der Waals surface area contributed by atoms with Crippen molar-refractivity contribution in [1.29, 1.82) is 0 Å². The molecule has 0 saturated carbocycles. The molecule has 10 heteroatoms. The normalized spacial score (nSPS) is 11.7. The molecule has 0 fully saturated rings. The summed E-state index contributed by atoms with van der Waals surface area (Å²) in [4.78, 5) is 28.5. The third-order valence-corrected chi connectivity index (χ3v) is 5.15. The van der Waals surface area contributed by atoms with E-state index in [-0.39, 0.29) is 18.3 Å². The van der Waals surface area contributed by atoms with Gasteiger partial charge in [0.15, 0.2) is 0 Å². The number of nitrogens with two attached hydrogens (primary N) is 1. The van der Waals surface area contributed by atoms with E-state index in [4.69, 9.17) is 5.73 Å². The van der Waals surface area contributed by atoms with E-state index in [1.54, 1.807) is 11.0 Å². The average Bonchev–Trinajstić information content (AvgIpc) is 3.28. The quantitative estimate of drug-likeness (QED) is 0.515. The largest absolute Gasteiger partial charge is 0.352 e.